The molecule has 0 aliphatic heterocycles. The van der Waals surface area contributed by atoms with Crippen LogP contribution in [0.4, 0.5) is 0 Å². The summed E-state index contributed by atoms with van der Waals surface area (Å²) in [6, 6.07) is 11.0. The molecule has 2 N–H and O–H groups in total. The zero-order chi connectivity index (χ0) is 11.2. The van der Waals surface area contributed by atoms with Crippen LogP contribution in [0.2, 0.25) is 0 Å². The first-order valence-corrected chi connectivity index (χ1v) is 6.31. The Bertz CT molecular complexity index is 293. The van der Waals surface area contributed by atoms with Crippen LogP contribution < -0.4 is 5.32 Å². The minimum absolute atomic E-state index is 0.218. The standard InChI is InChI=1S/C14H21NO/c16-11-10-15-14(13-8-4-5-9-13)12-6-2-1-3-7-12/h1-3,6-7,13-16H,4-5,8-11H2. The summed E-state index contributed by atoms with van der Waals surface area (Å²) in [5.74, 6) is 0.744. The summed E-state index contributed by atoms with van der Waals surface area (Å²) < 4.78 is 0. The summed E-state index contributed by atoms with van der Waals surface area (Å²) in [6.07, 6.45) is 5.35. The third-order valence-electron chi connectivity index (χ3n) is 3.51. The fourth-order valence-electron chi connectivity index (χ4n) is 2.73. The van der Waals surface area contributed by atoms with Crippen molar-refractivity contribution in [1.29, 1.82) is 0 Å². The Labute approximate surface area is 97.7 Å². The Kier molecular flexibility index (Phi) is 4.37. The third kappa shape index (κ3) is 2.83. The van der Waals surface area contributed by atoms with Crippen molar-refractivity contribution >= 4 is 0 Å². The van der Waals surface area contributed by atoms with Crippen molar-refractivity contribution in [3.8, 4) is 0 Å². The number of hydrogen-bond donors (Lipinski definition) is 2. The molecule has 0 amide bonds. The van der Waals surface area contributed by atoms with Gasteiger partial charge >= 0.3 is 0 Å². The van der Waals surface area contributed by atoms with Gasteiger partial charge in [0, 0.05) is 12.6 Å². The third-order valence-corrected chi connectivity index (χ3v) is 3.51. The van der Waals surface area contributed by atoms with Crippen molar-refractivity contribution in [1.82, 2.24) is 5.32 Å². The van der Waals surface area contributed by atoms with E-state index in [1.807, 2.05) is 0 Å². The Morgan fingerprint density at radius 2 is 1.88 bits per heavy atom. The maximum Gasteiger partial charge on any atom is 0.0556 e. The molecule has 1 atom stereocenters. The van der Waals surface area contributed by atoms with E-state index in [2.05, 4.69) is 35.6 Å². The number of aliphatic hydroxyl groups excluding tert-OH is 1. The Hall–Kier alpha value is -0.860. The quantitative estimate of drug-likeness (QED) is 0.797. The molecule has 1 fully saturated rings. The van der Waals surface area contributed by atoms with Gasteiger partial charge in [0.1, 0.15) is 0 Å². The zero-order valence-electron chi connectivity index (χ0n) is 9.73. The fourth-order valence-corrected chi connectivity index (χ4v) is 2.73. The van der Waals surface area contributed by atoms with Crippen LogP contribution in [0.25, 0.3) is 0 Å². The molecule has 88 valence electrons. The van der Waals surface area contributed by atoms with Crippen LogP contribution in [0, 0.1) is 5.92 Å². The van der Waals surface area contributed by atoms with E-state index in [4.69, 9.17) is 5.11 Å². The second-order valence-electron chi connectivity index (χ2n) is 4.61. The maximum atomic E-state index is 8.94. The first-order chi connectivity index (χ1) is 7.92. The molecular formula is C14H21NO. The van der Waals surface area contributed by atoms with Gasteiger partial charge in [-0.05, 0) is 24.3 Å². The summed E-state index contributed by atoms with van der Waals surface area (Å²) in [5.41, 5.74) is 1.36. The molecule has 1 saturated carbocycles. The van der Waals surface area contributed by atoms with Gasteiger partial charge in [-0.1, -0.05) is 43.2 Å². The molecule has 1 aromatic rings. The summed E-state index contributed by atoms with van der Waals surface area (Å²) in [7, 11) is 0. The Morgan fingerprint density at radius 3 is 2.50 bits per heavy atom. The molecule has 1 unspecified atom stereocenters. The molecule has 16 heavy (non-hydrogen) atoms. The second kappa shape index (κ2) is 6.02. The first-order valence-electron chi connectivity index (χ1n) is 6.31. The van der Waals surface area contributed by atoms with Gasteiger partial charge in [-0.2, -0.15) is 0 Å². The lowest BCUT2D eigenvalue weighted by Gasteiger charge is -2.25. The highest BCUT2D eigenvalue weighted by molar-refractivity contribution is 5.20. The minimum atomic E-state index is 0.218. The van der Waals surface area contributed by atoms with E-state index in [9.17, 15) is 0 Å². The highest BCUT2D eigenvalue weighted by Gasteiger charge is 2.25. The topological polar surface area (TPSA) is 32.3 Å². The molecule has 0 bridgehead atoms. The van der Waals surface area contributed by atoms with Gasteiger partial charge in [0.25, 0.3) is 0 Å². The first kappa shape index (κ1) is 11.6. The lowest BCUT2D eigenvalue weighted by molar-refractivity contribution is 0.268. The van der Waals surface area contributed by atoms with Crippen LogP contribution in [0.15, 0.2) is 30.3 Å². The predicted octanol–water partition coefficient (Wildman–Crippen LogP) is 2.50. The van der Waals surface area contributed by atoms with E-state index >= 15 is 0 Å². The molecule has 1 aliphatic carbocycles. The Morgan fingerprint density at radius 1 is 1.19 bits per heavy atom. The largest absolute Gasteiger partial charge is 0.395 e. The predicted molar refractivity (Wildman–Crippen MR) is 66.2 cm³/mol. The molecule has 2 nitrogen and oxygen atoms in total. The minimum Gasteiger partial charge on any atom is -0.395 e. The molecule has 0 saturated heterocycles. The van der Waals surface area contributed by atoms with Gasteiger partial charge < -0.3 is 10.4 Å². The van der Waals surface area contributed by atoms with Gasteiger partial charge in [0.2, 0.25) is 0 Å². The normalized spacial score (nSPS) is 18.8. The average molecular weight is 219 g/mol. The van der Waals surface area contributed by atoms with E-state index in [1.165, 1.54) is 31.2 Å². The highest BCUT2D eigenvalue weighted by atomic mass is 16.3. The number of benzene rings is 1. The molecule has 0 heterocycles. The summed E-state index contributed by atoms with van der Waals surface area (Å²) in [6.45, 7) is 0.909. The number of aliphatic hydroxyl groups is 1. The van der Waals surface area contributed by atoms with E-state index in [-0.39, 0.29) is 6.61 Å². The monoisotopic (exact) mass is 219 g/mol. The van der Waals surface area contributed by atoms with Gasteiger partial charge in [0.15, 0.2) is 0 Å². The molecule has 1 aliphatic rings. The summed E-state index contributed by atoms with van der Waals surface area (Å²) in [5, 5.41) is 12.4. The van der Waals surface area contributed by atoms with E-state index in [1.54, 1.807) is 0 Å². The molecule has 2 heteroatoms. The van der Waals surface area contributed by atoms with Crippen LogP contribution in [-0.4, -0.2) is 18.3 Å². The lowest BCUT2D eigenvalue weighted by Crippen LogP contribution is -2.29. The maximum absolute atomic E-state index is 8.94. The van der Waals surface area contributed by atoms with Gasteiger partial charge in [-0.15, -0.1) is 0 Å². The van der Waals surface area contributed by atoms with Crippen LogP contribution >= 0.6 is 0 Å². The van der Waals surface area contributed by atoms with Gasteiger partial charge in [-0.3, -0.25) is 0 Å². The molecule has 0 radical (unpaired) electrons. The van der Waals surface area contributed by atoms with Crippen molar-refractivity contribution in [2.24, 2.45) is 5.92 Å². The number of nitrogens with one attached hydrogen (secondary N) is 1. The summed E-state index contributed by atoms with van der Waals surface area (Å²) >= 11 is 0. The molecule has 1 aromatic carbocycles. The molecular weight excluding hydrogens is 198 g/mol. The lowest BCUT2D eigenvalue weighted by atomic mass is 9.91. The second-order valence-corrected chi connectivity index (χ2v) is 4.61. The van der Waals surface area contributed by atoms with Gasteiger partial charge in [0.05, 0.1) is 6.61 Å². The van der Waals surface area contributed by atoms with Crippen molar-refractivity contribution in [2.45, 2.75) is 31.7 Å². The summed E-state index contributed by atoms with van der Waals surface area (Å²) in [4.78, 5) is 0. The van der Waals surface area contributed by atoms with Crippen LogP contribution in [0.1, 0.15) is 37.3 Å². The smallest absolute Gasteiger partial charge is 0.0556 e. The highest BCUT2D eigenvalue weighted by Crippen LogP contribution is 2.35. The number of hydrogen-bond acceptors (Lipinski definition) is 2. The van der Waals surface area contributed by atoms with Crippen molar-refractivity contribution in [2.75, 3.05) is 13.2 Å². The van der Waals surface area contributed by atoms with Crippen molar-refractivity contribution in [3.05, 3.63) is 35.9 Å². The number of rotatable bonds is 5. The van der Waals surface area contributed by atoms with Crippen LogP contribution in [0.3, 0.4) is 0 Å². The molecule has 2 rings (SSSR count). The molecule has 0 aromatic heterocycles. The average Bonchev–Trinajstić information content (AvgIpc) is 2.85. The SMILES string of the molecule is OCCNC(c1ccccc1)C1CCCC1. The van der Waals surface area contributed by atoms with Crippen LogP contribution in [-0.2, 0) is 0 Å². The van der Waals surface area contributed by atoms with E-state index < -0.39 is 0 Å². The van der Waals surface area contributed by atoms with Crippen LogP contribution in [0.5, 0.6) is 0 Å². The van der Waals surface area contributed by atoms with Crippen molar-refractivity contribution < 1.29 is 5.11 Å². The zero-order valence-corrected chi connectivity index (χ0v) is 9.73. The molecule has 0 spiro atoms. The fraction of sp³-hybridized carbons (Fsp3) is 0.571. The van der Waals surface area contributed by atoms with E-state index in [0.717, 1.165) is 5.92 Å². The van der Waals surface area contributed by atoms with Crippen molar-refractivity contribution in [3.63, 3.8) is 0 Å². The Balaban J connectivity index is 2.07. The van der Waals surface area contributed by atoms with E-state index in [0.29, 0.717) is 12.6 Å². The van der Waals surface area contributed by atoms with Gasteiger partial charge in [-0.25, -0.2) is 0 Å².